The number of anilines is 1. The molecule has 0 fully saturated rings. The summed E-state index contributed by atoms with van der Waals surface area (Å²) in [6, 6.07) is 3.92. The van der Waals surface area contributed by atoms with E-state index >= 15 is 0 Å². The second-order valence-corrected chi connectivity index (χ2v) is 6.84. The third-order valence-corrected chi connectivity index (χ3v) is 4.94. The summed E-state index contributed by atoms with van der Waals surface area (Å²) in [5, 5.41) is 8.84. The molecule has 0 saturated carbocycles. The number of benzene rings is 1. The normalized spacial score (nSPS) is 17.1. The smallest absolute Gasteiger partial charge is 0.291 e. The summed E-state index contributed by atoms with van der Waals surface area (Å²) in [5.74, 6) is -1.83. The van der Waals surface area contributed by atoms with Crippen molar-refractivity contribution in [1.29, 1.82) is 0 Å². The highest BCUT2D eigenvalue weighted by Gasteiger charge is 2.19. The van der Waals surface area contributed by atoms with E-state index in [1.54, 1.807) is 12.1 Å². The molecule has 4 rings (SSSR count). The van der Waals surface area contributed by atoms with Crippen molar-refractivity contribution in [3.8, 4) is 0 Å². The molecule has 28 heavy (non-hydrogen) atoms. The average molecular weight is 385 g/mol. The van der Waals surface area contributed by atoms with E-state index in [1.807, 2.05) is 0 Å². The van der Waals surface area contributed by atoms with E-state index in [0.717, 1.165) is 42.8 Å². The van der Waals surface area contributed by atoms with Gasteiger partial charge in [0, 0.05) is 29.9 Å². The Labute approximate surface area is 161 Å². The van der Waals surface area contributed by atoms with Crippen LogP contribution < -0.4 is 16.0 Å². The van der Waals surface area contributed by atoms with Gasteiger partial charge in [0.25, 0.3) is 5.91 Å². The van der Waals surface area contributed by atoms with Crippen LogP contribution in [0, 0.1) is 11.6 Å². The Morgan fingerprint density at radius 2 is 1.61 bits per heavy atom. The van der Waals surface area contributed by atoms with Gasteiger partial charge < -0.3 is 20.4 Å². The van der Waals surface area contributed by atoms with E-state index in [1.165, 1.54) is 6.26 Å². The van der Waals surface area contributed by atoms with Crippen LogP contribution in [0.25, 0.3) is 11.1 Å². The quantitative estimate of drug-likeness (QED) is 0.753. The summed E-state index contributed by atoms with van der Waals surface area (Å²) in [6.45, 7) is 2.91. The molecular formula is C21H21F2N3O2. The standard InChI is InChI=1S/C21H21F2N3O2/c22-17-10-16(11-18(23)20(17)14-3-7-25-8-4-14)26-21(27)19-9-15(12-28-19)13-1-5-24-6-2-13/h1,3,9-12,24-25H,2,4-8H2,(H,26,27). The Kier molecular flexibility index (Phi) is 5.36. The van der Waals surface area contributed by atoms with Crippen LogP contribution in [-0.2, 0) is 0 Å². The SMILES string of the molecule is O=C(Nc1cc(F)c(C2=CCNCC2)c(F)c1)c1cc(C2=CCNCC2)co1. The van der Waals surface area contributed by atoms with E-state index in [-0.39, 0.29) is 17.0 Å². The van der Waals surface area contributed by atoms with Gasteiger partial charge in [-0.15, -0.1) is 0 Å². The lowest BCUT2D eigenvalue weighted by molar-refractivity contribution is 0.0996. The molecule has 0 bridgehead atoms. The predicted molar refractivity (Wildman–Crippen MR) is 104 cm³/mol. The van der Waals surface area contributed by atoms with Crippen molar-refractivity contribution >= 4 is 22.7 Å². The average Bonchev–Trinajstić information content (AvgIpc) is 3.19. The maximum atomic E-state index is 14.5. The molecule has 2 aliphatic rings. The monoisotopic (exact) mass is 385 g/mol. The fraction of sp³-hybridized carbons (Fsp3) is 0.286. The number of hydrogen-bond acceptors (Lipinski definition) is 4. The number of carbonyl (C=O) groups is 1. The Balaban J connectivity index is 1.51. The van der Waals surface area contributed by atoms with E-state index in [9.17, 15) is 13.6 Å². The molecule has 0 aliphatic carbocycles. The third kappa shape index (κ3) is 3.90. The highest BCUT2D eigenvalue weighted by Crippen LogP contribution is 2.29. The number of amides is 1. The maximum Gasteiger partial charge on any atom is 0.291 e. The molecule has 5 nitrogen and oxygen atoms in total. The number of carbonyl (C=O) groups excluding carboxylic acids is 1. The summed E-state index contributed by atoms with van der Waals surface area (Å²) >= 11 is 0. The van der Waals surface area contributed by atoms with Gasteiger partial charge in [-0.25, -0.2) is 8.78 Å². The first-order valence-electron chi connectivity index (χ1n) is 9.31. The van der Waals surface area contributed by atoms with Crippen LogP contribution in [0.2, 0.25) is 0 Å². The van der Waals surface area contributed by atoms with Gasteiger partial charge in [-0.2, -0.15) is 0 Å². The molecule has 3 heterocycles. The third-order valence-electron chi connectivity index (χ3n) is 4.94. The molecule has 2 aliphatic heterocycles. The van der Waals surface area contributed by atoms with Gasteiger partial charge in [-0.1, -0.05) is 12.2 Å². The predicted octanol–water partition coefficient (Wildman–Crippen LogP) is 3.56. The van der Waals surface area contributed by atoms with Crippen molar-refractivity contribution in [3.05, 3.63) is 65.1 Å². The fourth-order valence-corrected chi connectivity index (χ4v) is 3.50. The molecule has 1 aromatic heterocycles. The lowest BCUT2D eigenvalue weighted by atomic mass is 9.98. The Bertz CT molecular complexity index is 939. The molecule has 1 aromatic carbocycles. The fourth-order valence-electron chi connectivity index (χ4n) is 3.50. The van der Waals surface area contributed by atoms with Gasteiger partial charge in [0.2, 0.25) is 0 Å². The van der Waals surface area contributed by atoms with Gasteiger partial charge in [0.05, 0.1) is 6.26 Å². The van der Waals surface area contributed by atoms with Crippen LogP contribution in [0.5, 0.6) is 0 Å². The minimum atomic E-state index is -0.691. The summed E-state index contributed by atoms with van der Waals surface area (Å²) in [7, 11) is 0. The van der Waals surface area contributed by atoms with Crippen molar-refractivity contribution in [3.63, 3.8) is 0 Å². The zero-order valence-electron chi connectivity index (χ0n) is 15.3. The topological polar surface area (TPSA) is 66.3 Å². The maximum absolute atomic E-state index is 14.5. The number of halogens is 2. The Hall–Kier alpha value is -2.77. The van der Waals surface area contributed by atoms with E-state index < -0.39 is 17.5 Å². The number of furan rings is 1. The first-order chi connectivity index (χ1) is 13.6. The molecule has 1 amide bonds. The molecular weight excluding hydrogens is 364 g/mol. The van der Waals surface area contributed by atoms with Crippen LogP contribution in [0.15, 0.2) is 41.0 Å². The Morgan fingerprint density at radius 3 is 2.21 bits per heavy atom. The number of rotatable bonds is 4. The van der Waals surface area contributed by atoms with E-state index in [2.05, 4.69) is 22.0 Å². The van der Waals surface area contributed by atoms with Crippen molar-refractivity contribution in [2.45, 2.75) is 12.8 Å². The second kappa shape index (κ2) is 8.08. The molecule has 3 N–H and O–H groups in total. The number of nitrogens with one attached hydrogen (secondary N) is 3. The van der Waals surface area contributed by atoms with Crippen molar-refractivity contribution in [2.24, 2.45) is 0 Å². The van der Waals surface area contributed by atoms with Gasteiger partial charge >= 0.3 is 0 Å². The first kappa shape index (κ1) is 18.6. The molecule has 0 atom stereocenters. The van der Waals surface area contributed by atoms with E-state index in [0.29, 0.717) is 25.1 Å². The lowest BCUT2D eigenvalue weighted by Crippen LogP contribution is -2.20. The van der Waals surface area contributed by atoms with Crippen LogP contribution in [-0.4, -0.2) is 32.1 Å². The number of hydrogen-bond donors (Lipinski definition) is 3. The highest BCUT2D eigenvalue weighted by atomic mass is 19.1. The van der Waals surface area contributed by atoms with Crippen molar-refractivity contribution in [2.75, 3.05) is 31.5 Å². The summed E-state index contributed by atoms with van der Waals surface area (Å²) < 4.78 is 34.4. The van der Waals surface area contributed by atoms with Gasteiger partial charge in [0.1, 0.15) is 11.6 Å². The molecule has 7 heteroatoms. The summed E-state index contributed by atoms with van der Waals surface area (Å²) in [5.41, 5.74) is 2.61. The van der Waals surface area contributed by atoms with Crippen LogP contribution in [0.1, 0.15) is 34.5 Å². The zero-order chi connectivity index (χ0) is 19.5. The van der Waals surface area contributed by atoms with Crippen LogP contribution >= 0.6 is 0 Å². The minimum Gasteiger partial charge on any atom is -0.459 e. The first-order valence-corrected chi connectivity index (χ1v) is 9.31. The molecule has 0 unspecified atom stereocenters. The summed E-state index contributed by atoms with van der Waals surface area (Å²) in [6.07, 6.45) is 6.77. The van der Waals surface area contributed by atoms with Gasteiger partial charge in [0.15, 0.2) is 5.76 Å². The largest absolute Gasteiger partial charge is 0.459 e. The second-order valence-electron chi connectivity index (χ2n) is 6.84. The minimum absolute atomic E-state index is 0.0300. The Morgan fingerprint density at radius 1 is 0.964 bits per heavy atom. The molecule has 0 saturated heterocycles. The van der Waals surface area contributed by atoms with Crippen LogP contribution in [0.3, 0.4) is 0 Å². The van der Waals surface area contributed by atoms with E-state index in [4.69, 9.17) is 4.42 Å². The van der Waals surface area contributed by atoms with Crippen LogP contribution in [0.4, 0.5) is 14.5 Å². The molecule has 0 spiro atoms. The van der Waals surface area contributed by atoms with Crippen molar-refractivity contribution in [1.82, 2.24) is 10.6 Å². The zero-order valence-corrected chi connectivity index (χ0v) is 15.3. The highest BCUT2D eigenvalue weighted by molar-refractivity contribution is 6.02. The molecule has 2 aromatic rings. The summed E-state index contributed by atoms with van der Waals surface area (Å²) in [4.78, 5) is 12.4. The molecule has 146 valence electrons. The lowest BCUT2D eigenvalue weighted by Gasteiger charge is -2.16. The van der Waals surface area contributed by atoms with Crippen molar-refractivity contribution < 1.29 is 18.0 Å². The molecule has 0 radical (unpaired) electrons. The van der Waals surface area contributed by atoms with Gasteiger partial charge in [-0.3, -0.25) is 4.79 Å². The van der Waals surface area contributed by atoms with Gasteiger partial charge in [-0.05, 0) is 55.3 Å².